The van der Waals surface area contributed by atoms with Gasteiger partial charge in [-0.1, -0.05) is 0 Å². The number of hydrogen-bond donors (Lipinski definition) is 2. The molecule has 0 radical (unpaired) electrons. The van der Waals surface area contributed by atoms with Gasteiger partial charge >= 0.3 is 11.9 Å². The number of pyridine rings is 1. The monoisotopic (exact) mass is 431 g/mol. The molecule has 0 saturated carbocycles. The smallest absolute Gasteiger partial charge is 0.414 e. The van der Waals surface area contributed by atoms with Crippen LogP contribution < -0.4 is 9.47 Å². The van der Waals surface area contributed by atoms with Gasteiger partial charge in [0.05, 0.1) is 14.2 Å². The molecule has 1 aliphatic rings. The van der Waals surface area contributed by atoms with E-state index in [-0.39, 0.29) is 5.91 Å². The van der Waals surface area contributed by atoms with E-state index in [4.69, 9.17) is 29.3 Å². The number of benzene rings is 1. The maximum Gasteiger partial charge on any atom is 0.414 e. The molecule has 0 aliphatic carbocycles. The Hall–Kier alpha value is -3.66. The molecule has 0 bridgehead atoms. The molecular weight excluding hydrogens is 406 g/mol. The van der Waals surface area contributed by atoms with Crippen LogP contribution in [0.4, 0.5) is 0 Å². The number of carbonyl (C=O) groups is 3. The number of methoxy groups -OCH3 is 2. The molecule has 1 aliphatic heterocycles. The lowest BCUT2D eigenvalue weighted by atomic mass is 10.1. The summed E-state index contributed by atoms with van der Waals surface area (Å²) < 4.78 is 10.5. The summed E-state index contributed by atoms with van der Waals surface area (Å²) in [7, 11) is 3.16. The zero-order valence-corrected chi connectivity index (χ0v) is 17.4. The molecule has 1 aromatic carbocycles. The van der Waals surface area contributed by atoms with Crippen LogP contribution in [0.25, 0.3) is 0 Å². The van der Waals surface area contributed by atoms with Crippen molar-refractivity contribution in [3.8, 4) is 11.5 Å². The Labute approximate surface area is 179 Å². The van der Waals surface area contributed by atoms with Gasteiger partial charge in [-0.15, -0.1) is 0 Å². The van der Waals surface area contributed by atoms with E-state index < -0.39 is 11.9 Å². The van der Waals surface area contributed by atoms with Crippen molar-refractivity contribution in [1.29, 1.82) is 0 Å². The van der Waals surface area contributed by atoms with Crippen molar-refractivity contribution in [1.82, 2.24) is 14.8 Å². The third-order valence-electron chi connectivity index (χ3n) is 4.63. The number of amides is 1. The average molecular weight is 431 g/mol. The Balaban J connectivity index is 0.000000501. The van der Waals surface area contributed by atoms with E-state index in [0.29, 0.717) is 17.1 Å². The van der Waals surface area contributed by atoms with Gasteiger partial charge < -0.3 is 24.6 Å². The van der Waals surface area contributed by atoms with Crippen LogP contribution in [0, 0.1) is 0 Å². The maximum atomic E-state index is 12.7. The highest BCUT2D eigenvalue weighted by Crippen LogP contribution is 2.28. The number of carboxylic acid groups (broad SMARTS) is 2. The van der Waals surface area contributed by atoms with Crippen molar-refractivity contribution in [3.63, 3.8) is 0 Å². The van der Waals surface area contributed by atoms with Crippen LogP contribution in [0.15, 0.2) is 42.7 Å². The summed E-state index contributed by atoms with van der Waals surface area (Å²) in [5.74, 6) is -2.42. The van der Waals surface area contributed by atoms with Crippen LogP contribution in [0.5, 0.6) is 11.5 Å². The lowest BCUT2D eigenvalue weighted by molar-refractivity contribution is -0.159. The minimum atomic E-state index is -1.82. The molecular formula is C21H25N3O7. The SMILES string of the molecule is COc1ccc(C(=O)N2CCN(Cc3ccncc3)CC2)cc1OC.O=C(O)C(=O)O. The molecule has 1 amide bonds. The number of aliphatic carboxylic acids is 2. The van der Waals surface area contributed by atoms with Crippen molar-refractivity contribution >= 4 is 17.8 Å². The van der Waals surface area contributed by atoms with Crippen LogP contribution in [0.1, 0.15) is 15.9 Å². The molecule has 0 unspecified atom stereocenters. The largest absolute Gasteiger partial charge is 0.493 e. The molecule has 1 saturated heterocycles. The summed E-state index contributed by atoms with van der Waals surface area (Å²) in [4.78, 5) is 39.2. The minimum Gasteiger partial charge on any atom is -0.493 e. The zero-order valence-electron chi connectivity index (χ0n) is 17.4. The lowest BCUT2D eigenvalue weighted by Gasteiger charge is -2.34. The number of hydrogen-bond acceptors (Lipinski definition) is 7. The van der Waals surface area contributed by atoms with Gasteiger partial charge in [-0.3, -0.25) is 14.7 Å². The van der Waals surface area contributed by atoms with Crippen LogP contribution >= 0.6 is 0 Å². The van der Waals surface area contributed by atoms with E-state index in [9.17, 15) is 4.79 Å². The average Bonchev–Trinajstić information content (AvgIpc) is 2.79. The van der Waals surface area contributed by atoms with Gasteiger partial charge in [-0.2, -0.15) is 0 Å². The number of aromatic nitrogens is 1. The quantitative estimate of drug-likeness (QED) is 0.671. The van der Waals surface area contributed by atoms with Crippen LogP contribution in [-0.2, 0) is 16.1 Å². The topological polar surface area (TPSA) is 130 Å². The fourth-order valence-corrected chi connectivity index (χ4v) is 3.01. The molecule has 3 rings (SSSR count). The third-order valence-corrected chi connectivity index (χ3v) is 4.63. The summed E-state index contributed by atoms with van der Waals surface area (Å²) in [6, 6.07) is 9.35. The van der Waals surface area contributed by atoms with E-state index in [1.54, 1.807) is 32.4 Å². The highest BCUT2D eigenvalue weighted by molar-refractivity contribution is 6.27. The van der Waals surface area contributed by atoms with E-state index in [0.717, 1.165) is 32.7 Å². The molecule has 1 fully saturated rings. The van der Waals surface area contributed by atoms with E-state index in [2.05, 4.69) is 9.88 Å². The van der Waals surface area contributed by atoms with Gasteiger partial charge in [0, 0.05) is 50.7 Å². The standard InChI is InChI=1S/C19H23N3O3.C2H2O4/c1-24-17-4-3-16(13-18(17)25-2)19(23)22-11-9-21(10-12-22)14-15-5-7-20-8-6-15;3-1(4)2(5)6/h3-8,13H,9-12,14H2,1-2H3;(H,3,4)(H,5,6). The molecule has 10 heteroatoms. The van der Waals surface area contributed by atoms with Gasteiger partial charge in [0.25, 0.3) is 5.91 Å². The van der Waals surface area contributed by atoms with Crippen LogP contribution in [0.3, 0.4) is 0 Å². The van der Waals surface area contributed by atoms with E-state index in [1.165, 1.54) is 5.56 Å². The first-order valence-electron chi connectivity index (χ1n) is 9.44. The number of ether oxygens (including phenoxy) is 2. The van der Waals surface area contributed by atoms with Gasteiger partial charge in [-0.25, -0.2) is 9.59 Å². The number of rotatable bonds is 5. The fraction of sp³-hybridized carbons (Fsp3) is 0.333. The van der Waals surface area contributed by atoms with Crippen molar-refractivity contribution in [2.45, 2.75) is 6.54 Å². The molecule has 166 valence electrons. The van der Waals surface area contributed by atoms with E-state index in [1.807, 2.05) is 29.4 Å². The predicted molar refractivity (Wildman–Crippen MR) is 110 cm³/mol. The highest BCUT2D eigenvalue weighted by atomic mass is 16.5. The third kappa shape index (κ3) is 6.96. The number of carbonyl (C=O) groups excluding carboxylic acids is 1. The fourth-order valence-electron chi connectivity index (χ4n) is 3.01. The van der Waals surface area contributed by atoms with Gasteiger partial charge in [0.2, 0.25) is 0 Å². The molecule has 2 aromatic rings. The molecule has 2 heterocycles. The first-order chi connectivity index (χ1) is 14.8. The molecule has 2 N–H and O–H groups in total. The van der Waals surface area contributed by atoms with Crippen molar-refractivity contribution in [2.24, 2.45) is 0 Å². The first kappa shape index (κ1) is 23.6. The van der Waals surface area contributed by atoms with Crippen molar-refractivity contribution < 1.29 is 34.1 Å². The lowest BCUT2D eigenvalue weighted by Crippen LogP contribution is -2.48. The number of carboxylic acids is 2. The predicted octanol–water partition coefficient (Wildman–Crippen LogP) is 1.21. The van der Waals surface area contributed by atoms with Crippen LogP contribution in [0.2, 0.25) is 0 Å². The highest BCUT2D eigenvalue weighted by Gasteiger charge is 2.23. The van der Waals surface area contributed by atoms with E-state index >= 15 is 0 Å². The summed E-state index contributed by atoms with van der Waals surface area (Å²) in [5, 5.41) is 14.8. The van der Waals surface area contributed by atoms with Crippen molar-refractivity contribution in [3.05, 3.63) is 53.9 Å². The molecule has 31 heavy (non-hydrogen) atoms. The van der Waals surface area contributed by atoms with Gasteiger partial charge in [0.1, 0.15) is 0 Å². The Morgan fingerprint density at radius 2 is 1.48 bits per heavy atom. The molecule has 10 nitrogen and oxygen atoms in total. The normalized spacial score (nSPS) is 13.5. The summed E-state index contributed by atoms with van der Waals surface area (Å²) in [6.45, 7) is 4.06. The Bertz CT molecular complexity index is 885. The number of nitrogens with zero attached hydrogens (tertiary/aromatic N) is 3. The molecule has 0 atom stereocenters. The summed E-state index contributed by atoms with van der Waals surface area (Å²) in [5.41, 5.74) is 1.87. The molecule has 0 spiro atoms. The summed E-state index contributed by atoms with van der Waals surface area (Å²) in [6.07, 6.45) is 3.62. The first-order valence-corrected chi connectivity index (χ1v) is 9.44. The Morgan fingerprint density at radius 3 is 2.00 bits per heavy atom. The number of piperazine rings is 1. The Morgan fingerprint density at radius 1 is 0.903 bits per heavy atom. The van der Waals surface area contributed by atoms with Gasteiger partial charge in [-0.05, 0) is 35.9 Å². The van der Waals surface area contributed by atoms with Crippen molar-refractivity contribution in [2.75, 3.05) is 40.4 Å². The second-order valence-corrected chi connectivity index (χ2v) is 6.60. The Kier molecular flexibility index (Phi) is 8.77. The van der Waals surface area contributed by atoms with Gasteiger partial charge in [0.15, 0.2) is 11.5 Å². The van der Waals surface area contributed by atoms with Crippen LogP contribution in [-0.4, -0.2) is 83.2 Å². The maximum absolute atomic E-state index is 12.7. The second-order valence-electron chi connectivity index (χ2n) is 6.60. The minimum absolute atomic E-state index is 0.0320. The zero-order chi connectivity index (χ0) is 22.8. The second kappa shape index (κ2) is 11.5. The molecule has 1 aromatic heterocycles. The summed E-state index contributed by atoms with van der Waals surface area (Å²) >= 11 is 0.